The summed E-state index contributed by atoms with van der Waals surface area (Å²) in [5.74, 6) is -2.08. The Hall–Kier alpha value is -2.09. The van der Waals surface area contributed by atoms with E-state index in [1.54, 1.807) is 0 Å². The second-order valence-electron chi connectivity index (χ2n) is 2.31. The number of carbonyl (C=O) groups is 1. The van der Waals surface area contributed by atoms with Crippen molar-refractivity contribution in [1.82, 2.24) is 0 Å². The number of carboxylic acid groups (broad SMARTS) is 1. The largest absolute Gasteiger partial charge is 0.478 e. The van der Waals surface area contributed by atoms with Gasteiger partial charge < -0.3 is 10.8 Å². The van der Waals surface area contributed by atoms with Crippen molar-refractivity contribution in [2.45, 2.75) is 0 Å². The maximum absolute atomic E-state index is 12.8. The van der Waals surface area contributed by atoms with Crippen LogP contribution in [0, 0.1) is 12.4 Å². The lowest BCUT2D eigenvalue weighted by molar-refractivity contribution is 0.0698. The molecule has 0 unspecified atom stereocenters. The van der Waals surface area contributed by atoms with E-state index in [9.17, 15) is 9.18 Å². The van der Waals surface area contributed by atoms with E-state index in [1.807, 2.05) is 0 Å². The molecule has 0 aliphatic heterocycles. The average molecular weight is 180 g/mol. The molecular weight excluding hydrogens is 175 g/mol. The standard InChI is InChI=1S/C8H5FN2O2/c1-11-7-2-4(8(12)13)6(10)3-5(7)9/h2-3H,10H2,(H,12,13). The van der Waals surface area contributed by atoms with Crippen molar-refractivity contribution < 1.29 is 14.3 Å². The Balaban J connectivity index is 3.41. The molecule has 0 saturated carbocycles. The average Bonchev–Trinajstić information content (AvgIpc) is 2.03. The number of halogens is 1. The molecule has 0 fully saturated rings. The van der Waals surface area contributed by atoms with Crippen molar-refractivity contribution in [3.05, 3.63) is 34.9 Å². The number of benzene rings is 1. The number of nitrogen functional groups attached to an aromatic ring is 1. The van der Waals surface area contributed by atoms with Gasteiger partial charge in [0.15, 0.2) is 0 Å². The van der Waals surface area contributed by atoms with E-state index < -0.39 is 11.8 Å². The Morgan fingerprint density at radius 3 is 2.69 bits per heavy atom. The van der Waals surface area contributed by atoms with E-state index in [0.717, 1.165) is 12.1 Å². The normalized spacial score (nSPS) is 9.23. The number of hydrogen-bond donors (Lipinski definition) is 2. The summed E-state index contributed by atoms with van der Waals surface area (Å²) in [6.45, 7) is 6.54. The van der Waals surface area contributed by atoms with Crippen LogP contribution in [0.3, 0.4) is 0 Å². The summed E-state index contributed by atoms with van der Waals surface area (Å²) in [5.41, 5.74) is 4.44. The van der Waals surface area contributed by atoms with Crippen LogP contribution >= 0.6 is 0 Å². The third kappa shape index (κ3) is 1.56. The van der Waals surface area contributed by atoms with Crippen molar-refractivity contribution in [2.24, 2.45) is 0 Å². The molecule has 0 atom stereocenters. The van der Waals surface area contributed by atoms with Gasteiger partial charge >= 0.3 is 5.97 Å². The maximum Gasteiger partial charge on any atom is 0.336 e. The highest BCUT2D eigenvalue weighted by Crippen LogP contribution is 2.24. The summed E-state index contributed by atoms with van der Waals surface area (Å²) in [6.07, 6.45) is 0. The minimum atomic E-state index is -1.28. The zero-order chi connectivity index (χ0) is 10.0. The highest BCUT2D eigenvalue weighted by molar-refractivity contribution is 5.94. The smallest absolute Gasteiger partial charge is 0.336 e. The molecule has 0 amide bonds. The van der Waals surface area contributed by atoms with Gasteiger partial charge in [-0.25, -0.2) is 14.0 Å². The number of nitrogens with zero attached hydrogens (tertiary/aromatic N) is 1. The van der Waals surface area contributed by atoms with Gasteiger partial charge in [-0.1, -0.05) is 0 Å². The van der Waals surface area contributed by atoms with E-state index in [2.05, 4.69) is 4.85 Å². The van der Waals surface area contributed by atoms with Crippen molar-refractivity contribution in [1.29, 1.82) is 0 Å². The molecule has 0 aliphatic carbocycles. The van der Waals surface area contributed by atoms with E-state index in [-0.39, 0.29) is 16.9 Å². The first kappa shape index (κ1) is 9.00. The summed E-state index contributed by atoms with van der Waals surface area (Å²) in [4.78, 5) is 13.3. The van der Waals surface area contributed by atoms with Crippen LogP contribution < -0.4 is 5.73 Å². The van der Waals surface area contributed by atoms with Crippen LogP contribution in [0.15, 0.2) is 12.1 Å². The molecule has 66 valence electrons. The molecule has 1 aromatic carbocycles. The number of nitrogens with two attached hydrogens (primary N) is 1. The zero-order valence-corrected chi connectivity index (χ0v) is 6.41. The molecule has 0 radical (unpaired) electrons. The Bertz CT molecular complexity index is 409. The number of hydrogen-bond acceptors (Lipinski definition) is 2. The quantitative estimate of drug-likeness (QED) is 0.510. The van der Waals surface area contributed by atoms with Gasteiger partial charge in [-0.05, 0) is 12.1 Å². The van der Waals surface area contributed by atoms with Crippen molar-refractivity contribution in [3.63, 3.8) is 0 Å². The maximum atomic E-state index is 12.8. The van der Waals surface area contributed by atoms with E-state index in [4.69, 9.17) is 17.4 Å². The molecular formula is C8H5FN2O2. The number of anilines is 1. The molecule has 1 rings (SSSR count). The fourth-order valence-electron chi connectivity index (χ4n) is 0.848. The lowest BCUT2D eigenvalue weighted by Gasteiger charge is -2.01. The van der Waals surface area contributed by atoms with Crippen molar-refractivity contribution in [2.75, 3.05) is 5.73 Å². The minimum Gasteiger partial charge on any atom is -0.478 e. The van der Waals surface area contributed by atoms with Crippen molar-refractivity contribution in [3.8, 4) is 0 Å². The van der Waals surface area contributed by atoms with Gasteiger partial charge in [-0.2, -0.15) is 0 Å². The van der Waals surface area contributed by atoms with Gasteiger partial charge in [-0.15, -0.1) is 0 Å². The van der Waals surface area contributed by atoms with Crippen LogP contribution in [-0.2, 0) is 0 Å². The molecule has 0 aliphatic rings. The molecule has 3 N–H and O–H groups in total. The summed E-state index contributed by atoms with van der Waals surface area (Å²) in [5, 5.41) is 8.57. The van der Waals surface area contributed by atoms with Gasteiger partial charge in [0, 0.05) is 5.69 Å². The highest BCUT2D eigenvalue weighted by atomic mass is 19.1. The number of carboxylic acids is 1. The topological polar surface area (TPSA) is 67.7 Å². The SMILES string of the molecule is [C-]#[N+]c1cc(C(=O)O)c(N)cc1F. The second-order valence-corrected chi connectivity index (χ2v) is 2.31. The molecule has 0 bridgehead atoms. The monoisotopic (exact) mass is 180 g/mol. The van der Waals surface area contributed by atoms with E-state index >= 15 is 0 Å². The van der Waals surface area contributed by atoms with Crippen LogP contribution in [-0.4, -0.2) is 11.1 Å². The van der Waals surface area contributed by atoms with Crippen molar-refractivity contribution >= 4 is 17.3 Å². The molecule has 1 aromatic rings. The van der Waals surface area contributed by atoms with Crippen LogP contribution in [0.2, 0.25) is 0 Å². The van der Waals surface area contributed by atoms with Gasteiger partial charge in [-0.3, -0.25) is 0 Å². The summed E-state index contributed by atoms with van der Waals surface area (Å²) >= 11 is 0. The van der Waals surface area contributed by atoms with E-state index in [0.29, 0.717) is 0 Å². The fraction of sp³-hybridized carbons (Fsp3) is 0. The number of aromatic carboxylic acids is 1. The predicted molar refractivity (Wildman–Crippen MR) is 44.0 cm³/mol. The second kappa shape index (κ2) is 3.11. The molecule has 13 heavy (non-hydrogen) atoms. The first-order valence-electron chi connectivity index (χ1n) is 3.26. The summed E-state index contributed by atoms with van der Waals surface area (Å²) < 4.78 is 12.8. The summed E-state index contributed by atoms with van der Waals surface area (Å²) in [6, 6.07) is 1.75. The molecule has 0 aromatic heterocycles. The van der Waals surface area contributed by atoms with E-state index in [1.165, 1.54) is 0 Å². The van der Waals surface area contributed by atoms with Crippen LogP contribution in [0.1, 0.15) is 10.4 Å². The highest BCUT2D eigenvalue weighted by Gasteiger charge is 2.12. The Morgan fingerprint density at radius 1 is 1.62 bits per heavy atom. The lowest BCUT2D eigenvalue weighted by atomic mass is 10.1. The first-order valence-corrected chi connectivity index (χ1v) is 3.26. The first-order chi connectivity index (χ1) is 6.06. The Morgan fingerprint density at radius 2 is 2.23 bits per heavy atom. The van der Waals surface area contributed by atoms with Gasteiger partial charge in [0.05, 0.1) is 12.1 Å². The zero-order valence-electron chi connectivity index (χ0n) is 6.41. The van der Waals surface area contributed by atoms with Crippen LogP contribution in [0.4, 0.5) is 15.8 Å². The summed E-state index contributed by atoms with van der Waals surface area (Å²) in [7, 11) is 0. The molecule has 5 heteroatoms. The molecule has 4 nitrogen and oxygen atoms in total. The van der Waals surface area contributed by atoms with Gasteiger partial charge in [0.2, 0.25) is 5.69 Å². The molecule has 0 saturated heterocycles. The Kier molecular flexibility index (Phi) is 2.15. The predicted octanol–water partition coefficient (Wildman–Crippen LogP) is 1.66. The minimum absolute atomic E-state index is 0.183. The lowest BCUT2D eigenvalue weighted by Crippen LogP contribution is -2.02. The third-order valence-electron chi connectivity index (χ3n) is 1.47. The van der Waals surface area contributed by atoms with Crippen LogP contribution in [0.25, 0.3) is 4.85 Å². The van der Waals surface area contributed by atoms with Crippen LogP contribution in [0.5, 0.6) is 0 Å². The molecule has 0 heterocycles. The Labute approximate surface area is 73.2 Å². The fourth-order valence-corrected chi connectivity index (χ4v) is 0.848. The van der Waals surface area contributed by atoms with Gasteiger partial charge in [0.25, 0.3) is 0 Å². The number of rotatable bonds is 1. The van der Waals surface area contributed by atoms with Gasteiger partial charge in [0.1, 0.15) is 5.82 Å². The molecule has 0 spiro atoms. The third-order valence-corrected chi connectivity index (χ3v) is 1.47.